The fraction of sp³-hybridized carbons (Fsp3) is 0. The Balaban J connectivity index is 2.12. The van der Waals surface area contributed by atoms with Gasteiger partial charge in [-0.25, -0.2) is 0 Å². The van der Waals surface area contributed by atoms with Crippen LogP contribution in [-0.2, 0) is 3.74 Å². The molecule has 0 aliphatic rings. The predicted octanol–water partition coefficient (Wildman–Crippen LogP) is 0.372. The van der Waals surface area contributed by atoms with Gasteiger partial charge in [0.1, 0.15) is 0 Å². The van der Waals surface area contributed by atoms with Crippen LogP contribution in [-0.4, -0.2) is 28.3 Å². The summed E-state index contributed by atoms with van der Waals surface area (Å²) in [7, 11) is 0. The average Bonchev–Trinajstić information content (AvgIpc) is 2.47. The van der Waals surface area contributed by atoms with E-state index < -0.39 is 14.2 Å². The molecule has 0 bridgehead atoms. The molecule has 6 nitrogen and oxygen atoms in total. The van der Waals surface area contributed by atoms with Crippen LogP contribution in [0.1, 0.15) is 15.9 Å². The first kappa shape index (κ1) is 15.1. The summed E-state index contributed by atoms with van der Waals surface area (Å²) in [6.07, 6.45) is 0. The SMILES string of the molecule is N#Cc1ccc(C(=O)Nc2ccc([As](=O)(O)O)cc2)cc1. The van der Waals surface area contributed by atoms with Gasteiger partial charge in [0.15, 0.2) is 0 Å². The second kappa shape index (κ2) is 5.98. The molecule has 2 rings (SSSR count). The van der Waals surface area contributed by atoms with Crippen molar-refractivity contribution in [1.29, 1.82) is 5.26 Å². The molecular formula is C14H11AsN2O4. The third-order valence-electron chi connectivity index (χ3n) is 2.74. The zero-order valence-corrected chi connectivity index (χ0v) is 12.6. The molecule has 0 radical (unpaired) electrons. The van der Waals surface area contributed by atoms with Gasteiger partial charge in [-0.3, -0.25) is 0 Å². The summed E-state index contributed by atoms with van der Waals surface area (Å²) >= 11 is -4.90. The van der Waals surface area contributed by atoms with Crippen molar-refractivity contribution >= 4 is 30.1 Å². The van der Waals surface area contributed by atoms with E-state index in [0.29, 0.717) is 16.8 Å². The van der Waals surface area contributed by atoms with E-state index in [9.17, 15) is 8.53 Å². The Morgan fingerprint density at radius 2 is 1.62 bits per heavy atom. The van der Waals surface area contributed by atoms with E-state index in [1.807, 2.05) is 6.07 Å². The first-order chi connectivity index (χ1) is 9.90. The maximum absolute atomic E-state index is 12.0. The van der Waals surface area contributed by atoms with Crippen LogP contribution >= 0.6 is 0 Å². The van der Waals surface area contributed by atoms with Gasteiger partial charge >= 0.3 is 123 Å². The number of amides is 1. The van der Waals surface area contributed by atoms with Gasteiger partial charge in [-0.1, -0.05) is 0 Å². The van der Waals surface area contributed by atoms with Crippen molar-refractivity contribution in [2.75, 3.05) is 5.32 Å². The van der Waals surface area contributed by atoms with Gasteiger partial charge in [0, 0.05) is 0 Å². The van der Waals surface area contributed by atoms with Gasteiger partial charge in [-0.15, -0.1) is 0 Å². The van der Waals surface area contributed by atoms with Crippen LogP contribution in [0.3, 0.4) is 0 Å². The molecule has 0 fully saturated rings. The van der Waals surface area contributed by atoms with Crippen LogP contribution < -0.4 is 9.67 Å². The fourth-order valence-corrected chi connectivity index (χ4v) is 2.77. The number of nitrogens with one attached hydrogen (secondary N) is 1. The molecule has 0 aliphatic heterocycles. The van der Waals surface area contributed by atoms with E-state index in [2.05, 4.69) is 5.32 Å². The summed E-state index contributed by atoms with van der Waals surface area (Å²) in [5, 5.41) is 11.3. The summed E-state index contributed by atoms with van der Waals surface area (Å²) in [4.78, 5) is 12.0. The van der Waals surface area contributed by atoms with Gasteiger partial charge in [0.25, 0.3) is 0 Å². The molecule has 106 valence electrons. The Bertz CT molecular complexity index is 742. The Morgan fingerprint density at radius 1 is 1.05 bits per heavy atom. The van der Waals surface area contributed by atoms with Crippen LogP contribution in [0.15, 0.2) is 48.5 Å². The molecular weight excluding hydrogens is 335 g/mol. The summed E-state index contributed by atoms with van der Waals surface area (Å²) < 4.78 is 29.1. The van der Waals surface area contributed by atoms with Gasteiger partial charge in [-0.2, -0.15) is 0 Å². The van der Waals surface area contributed by atoms with Crippen LogP contribution in [0.4, 0.5) is 5.69 Å². The molecule has 0 saturated heterocycles. The Kier molecular flexibility index (Phi) is 4.29. The van der Waals surface area contributed by atoms with E-state index in [1.165, 1.54) is 48.5 Å². The Morgan fingerprint density at radius 3 is 2.10 bits per heavy atom. The van der Waals surface area contributed by atoms with Gasteiger partial charge < -0.3 is 0 Å². The van der Waals surface area contributed by atoms with Crippen molar-refractivity contribution < 1.29 is 16.7 Å². The summed E-state index contributed by atoms with van der Waals surface area (Å²) in [5.74, 6) is -0.367. The Hall–Kier alpha value is -2.32. The topological polar surface area (TPSA) is 110 Å². The number of nitriles is 1. The van der Waals surface area contributed by atoms with Gasteiger partial charge in [-0.05, 0) is 0 Å². The molecule has 0 aliphatic carbocycles. The number of rotatable bonds is 3. The molecule has 0 saturated carbocycles. The first-order valence-electron chi connectivity index (χ1n) is 5.88. The molecule has 0 atom stereocenters. The molecule has 0 heterocycles. The third-order valence-corrected chi connectivity index (χ3v) is 4.77. The molecule has 7 heteroatoms. The van der Waals surface area contributed by atoms with Crippen molar-refractivity contribution in [3.63, 3.8) is 0 Å². The summed E-state index contributed by atoms with van der Waals surface area (Å²) in [6.45, 7) is 0. The second-order valence-electron chi connectivity index (χ2n) is 4.23. The summed E-state index contributed by atoms with van der Waals surface area (Å²) in [5.41, 5.74) is 1.27. The Labute approximate surface area is 123 Å². The second-order valence-corrected chi connectivity index (χ2v) is 7.60. The minimum atomic E-state index is -4.90. The molecule has 0 unspecified atom stereocenters. The average molecular weight is 346 g/mol. The number of nitrogens with zero attached hydrogens (tertiary/aromatic N) is 1. The van der Waals surface area contributed by atoms with E-state index in [-0.39, 0.29) is 10.3 Å². The zero-order chi connectivity index (χ0) is 15.5. The van der Waals surface area contributed by atoms with Crippen LogP contribution in [0.25, 0.3) is 0 Å². The minimum absolute atomic E-state index is 0.0514. The van der Waals surface area contributed by atoms with E-state index in [0.717, 1.165) is 0 Å². The van der Waals surface area contributed by atoms with Crippen LogP contribution in [0.2, 0.25) is 0 Å². The van der Waals surface area contributed by atoms with Gasteiger partial charge in [0.2, 0.25) is 0 Å². The van der Waals surface area contributed by atoms with Crippen molar-refractivity contribution in [1.82, 2.24) is 0 Å². The molecule has 21 heavy (non-hydrogen) atoms. The summed E-state index contributed by atoms with van der Waals surface area (Å²) in [6, 6.07) is 13.5. The molecule has 2 aromatic rings. The molecule has 0 aromatic heterocycles. The van der Waals surface area contributed by atoms with Crippen LogP contribution in [0, 0.1) is 11.3 Å². The van der Waals surface area contributed by atoms with E-state index in [1.54, 1.807) is 0 Å². The molecule has 3 N–H and O–H groups in total. The third kappa shape index (κ3) is 3.83. The number of anilines is 1. The zero-order valence-electron chi connectivity index (χ0n) is 10.7. The number of benzene rings is 2. The number of carbonyl (C=O) groups is 1. The number of carbonyl (C=O) groups excluding carboxylic acids is 1. The fourth-order valence-electron chi connectivity index (χ4n) is 1.64. The first-order valence-corrected chi connectivity index (χ1v) is 9.26. The maximum atomic E-state index is 12.0. The quantitative estimate of drug-likeness (QED) is 0.696. The molecule has 0 spiro atoms. The van der Waals surface area contributed by atoms with Crippen molar-refractivity contribution in [2.45, 2.75) is 0 Å². The van der Waals surface area contributed by atoms with Crippen molar-refractivity contribution in [3.8, 4) is 6.07 Å². The number of hydrogen-bond donors (Lipinski definition) is 3. The molecule has 1 amide bonds. The predicted molar refractivity (Wildman–Crippen MR) is 76.1 cm³/mol. The van der Waals surface area contributed by atoms with Gasteiger partial charge in [0.05, 0.1) is 0 Å². The standard InChI is InChI=1S/C14H11AsN2O4/c16-9-10-1-3-11(4-2-10)14(18)17-13-7-5-12(6-8-13)15(19,20)21/h1-8H,(H,17,18)(H2,19,20,21). The van der Waals surface area contributed by atoms with Crippen LogP contribution in [0.5, 0.6) is 0 Å². The van der Waals surface area contributed by atoms with E-state index >= 15 is 0 Å². The monoisotopic (exact) mass is 346 g/mol. The van der Waals surface area contributed by atoms with E-state index in [4.69, 9.17) is 13.5 Å². The normalized spacial score (nSPS) is 10.7. The van der Waals surface area contributed by atoms with Crippen molar-refractivity contribution in [3.05, 3.63) is 59.7 Å². The number of hydrogen-bond acceptors (Lipinski definition) is 3. The molecule has 2 aromatic carbocycles. The van der Waals surface area contributed by atoms with Crippen molar-refractivity contribution in [2.24, 2.45) is 0 Å².